The minimum Gasteiger partial charge on any atom is -0.371 e. The van der Waals surface area contributed by atoms with E-state index in [1.807, 2.05) is 17.0 Å². The van der Waals surface area contributed by atoms with Crippen molar-refractivity contribution in [3.8, 4) is 5.69 Å². The van der Waals surface area contributed by atoms with Crippen LogP contribution in [-0.2, 0) is 19.8 Å². The van der Waals surface area contributed by atoms with E-state index in [1.54, 1.807) is 6.07 Å². The van der Waals surface area contributed by atoms with Crippen molar-refractivity contribution >= 4 is 45.9 Å². The number of nitrogens with one attached hydrogen (secondary N) is 1. The van der Waals surface area contributed by atoms with E-state index in [9.17, 15) is 19.2 Å². The zero-order valence-electron chi connectivity index (χ0n) is 36.5. The highest BCUT2D eigenvalue weighted by Crippen LogP contribution is 2.52. The molecule has 2 spiro atoms. The number of hydrogen-bond donors (Lipinski definition) is 1. The predicted octanol–water partition coefficient (Wildman–Crippen LogP) is 8.52. The summed E-state index contributed by atoms with van der Waals surface area (Å²) in [6.07, 6.45) is 13.6. The number of amides is 3. The second kappa shape index (κ2) is 16.3. The SMILES string of the molecule is O=C1CCC(c2c(F)cc(N3CCC4(CC3)CN(C(=O)C3CCC(CN5CCC(c6ccc7c(c6)-n6c(nc(=O)c8c(Cl)cccc86)C76CCCCC6)CC5)CC3)C4)cc2F)C(=O)N1. The van der Waals surface area contributed by atoms with Gasteiger partial charge in [-0.2, -0.15) is 4.98 Å². The molecule has 1 unspecified atom stereocenters. The Balaban J connectivity index is 0.660. The number of halogens is 3. The second-order valence-corrected chi connectivity index (χ2v) is 20.8. The third-order valence-corrected chi connectivity index (χ3v) is 17.1. The van der Waals surface area contributed by atoms with Crippen molar-refractivity contribution in [1.29, 1.82) is 0 Å². The Kier molecular flexibility index (Phi) is 10.7. The van der Waals surface area contributed by atoms with E-state index in [0.29, 0.717) is 46.9 Å². The molecule has 3 aromatic carbocycles. The lowest BCUT2D eigenvalue weighted by molar-refractivity contribution is -0.150. The molecule has 7 aliphatic rings. The number of carbonyl (C=O) groups excluding carboxylic acids is 3. The predicted molar refractivity (Wildman–Crippen MR) is 242 cm³/mol. The van der Waals surface area contributed by atoms with Gasteiger partial charge in [0.25, 0.3) is 5.56 Å². The lowest BCUT2D eigenvalue weighted by Gasteiger charge is -2.55. The third kappa shape index (κ3) is 7.16. The van der Waals surface area contributed by atoms with Gasteiger partial charge in [0.15, 0.2) is 0 Å². The highest BCUT2D eigenvalue weighted by molar-refractivity contribution is 6.35. The number of fused-ring (bicyclic) bond motifs is 7. The van der Waals surface area contributed by atoms with E-state index in [2.05, 4.69) is 37.9 Å². The summed E-state index contributed by atoms with van der Waals surface area (Å²) in [7, 11) is 0. The first-order chi connectivity index (χ1) is 31.0. The molecule has 1 aromatic heterocycles. The van der Waals surface area contributed by atoms with E-state index >= 15 is 8.78 Å². The van der Waals surface area contributed by atoms with Crippen molar-refractivity contribution in [1.82, 2.24) is 24.7 Å². The molecular formula is C51H57ClF2N6O4. The molecule has 2 aliphatic carbocycles. The lowest BCUT2D eigenvalue weighted by Crippen LogP contribution is -2.63. The van der Waals surface area contributed by atoms with E-state index in [1.165, 1.54) is 35.4 Å². The summed E-state index contributed by atoms with van der Waals surface area (Å²) < 4.78 is 32.8. The Morgan fingerprint density at radius 3 is 2.25 bits per heavy atom. The molecule has 1 N–H and O–H groups in total. The van der Waals surface area contributed by atoms with Crippen molar-refractivity contribution in [3.63, 3.8) is 0 Å². The lowest BCUT2D eigenvalue weighted by atomic mass is 9.69. The summed E-state index contributed by atoms with van der Waals surface area (Å²) in [6, 6.07) is 15.5. The number of aromatic nitrogens is 2. The first-order valence-electron chi connectivity index (χ1n) is 23.9. The normalized spacial score (nSPS) is 25.6. The van der Waals surface area contributed by atoms with Gasteiger partial charge in [-0.3, -0.25) is 29.1 Å². The van der Waals surface area contributed by atoms with Gasteiger partial charge < -0.3 is 14.7 Å². The van der Waals surface area contributed by atoms with Gasteiger partial charge in [0, 0.05) is 61.7 Å². The van der Waals surface area contributed by atoms with Crippen LogP contribution in [0.4, 0.5) is 14.5 Å². The van der Waals surface area contributed by atoms with Crippen LogP contribution in [0.15, 0.2) is 53.3 Å². The highest BCUT2D eigenvalue weighted by Gasteiger charge is 2.49. The summed E-state index contributed by atoms with van der Waals surface area (Å²) in [4.78, 5) is 62.5. The van der Waals surface area contributed by atoms with Gasteiger partial charge in [-0.1, -0.05) is 49.1 Å². The van der Waals surface area contributed by atoms with E-state index in [0.717, 1.165) is 121 Å². The number of carbonyl (C=O) groups is 3. The Bertz CT molecular complexity index is 2570. The summed E-state index contributed by atoms with van der Waals surface area (Å²) in [6.45, 7) is 6.04. The van der Waals surface area contributed by atoms with Gasteiger partial charge in [-0.25, -0.2) is 8.78 Å². The molecule has 64 heavy (non-hydrogen) atoms. The number of benzene rings is 3. The van der Waals surface area contributed by atoms with Crippen LogP contribution in [0.3, 0.4) is 0 Å². The summed E-state index contributed by atoms with van der Waals surface area (Å²) in [5.41, 5.74) is 4.50. The van der Waals surface area contributed by atoms with Gasteiger partial charge in [0.05, 0.1) is 32.9 Å². The number of anilines is 1. The Morgan fingerprint density at radius 1 is 0.828 bits per heavy atom. The maximum absolute atomic E-state index is 15.3. The van der Waals surface area contributed by atoms with Gasteiger partial charge in [-0.15, -0.1) is 0 Å². The van der Waals surface area contributed by atoms with Crippen LogP contribution in [0.5, 0.6) is 0 Å². The van der Waals surface area contributed by atoms with Crippen LogP contribution < -0.4 is 15.8 Å². The van der Waals surface area contributed by atoms with Crippen molar-refractivity contribution < 1.29 is 23.2 Å². The summed E-state index contributed by atoms with van der Waals surface area (Å²) in [5.74, 6) is -1.23. The van der Waals surface area contributed by atoms with E-state index < -0.39 is 29.4 Å². The maximum Gasteiger partial charge on any atom is 0.282 e. The Morgan fingerprint density at radius 2 is 1.55 bits per heavy atom. The smallest absolute Gasteiger partial charge is 0.282 e. The molecule has 1 atom stereocenters. The molecule has 6 heterocycles. The van der Waals surface area contributed by atoms with Crippen LogP contribution in [0.1, 0.15) is 131 Å². The fourth-order valence-corrected chi connectivity index (χ4v) is 13.4. The van der Waals surface area contributed by atoms with Crippen molar-refractivity contribution in [2.45, 2.75) is 114 Å². The average molecular weight is 892 g/mol. The number of likely N-dealkylation sites (tertiary alicyclic amines) is 2. The van der Waals surface area contributed by atoms with Crippen LogP contribution in [0, 0.1) is 28.9 Å². The number of rotatable bonds is 6. The zero-order chi connectivity index (χ0) is 43.9. The minimum absolute atomic E-state index is 0.0570. The largest absolute Gasteiger partial charge is 0.371 e. The van der Waals surface area contributed by atoms with Gasteiger partial charge in [0.2, 0.25) is 17.7 Å². The zero-order valence-corrected chi connectivity index (χ0v) is 37.2. The Labute approximate surface area is 377 Å². The molecule has 3 amide bonds. The quantitative estimate of drug-likeness (QED) is 0.194. The number of imide groups is 1. The maximum atomic E-state index is 15.3. The molecule has 0 bridgehead atoms. The van der Waals surface area contributed by atoms with Crippen LogP contribution >= 0.6 is 11.6 Å². The standard InChI is InChI=1S/C51H57ClF2N6O4/c52-38-5-4-6-41-45(38)47(63)56-49-51(17-2-1-3-18-51)37-13-11-34(25-42(37)60(41)49)32-15-21-57(22-16-32)28-31-7-9-33(10-8-31)48(64)59-29-50(30-59)19-23-58(24-20-50)35-26-39(53)44(40(54)27-35)36-12-14-43(61)55-46(36)62/h4-6,11,13,25-27,31-33,36H,1-3,7-10,12,14-24,28-30H2,(H,55,61,62). The molecule has 2 saturated carbocycles. The van der Waals surface area contributed by atoms with Crippen molar-refractivity contribution in [3.05, 3.63) is 98.1 Å². The molecular weight excluding hydrogens is 834 g/mol. The molecule has 0 radical (unpaired) electrons. The first kappa shape index (κ1) is 42.0. The first-order valence-corrected chi connectivity index (χ1v) is 24.3. The van der Waals surface area contributed by atoms with Crippen LogP contribution in [0.2, 0.25) is 5.02 Å². The monoisotopic (exact) mass is 890 g/mol. The number of piperidine rings is 3. The molecule has 5 aliphatic heterocycles. The fraction of sp³-hybridized carbons (Fsp3) is 0.549. The number of nitrogens with zero attached hydrogens (tertiary/aromatic N) is 5. The minimum atomic E-state index is -1.01. The van der Waals surface area contributed by atoms with Gasteiger partial charge in [0.1, 0.15) is 17.5 Å². The highest BCUT2D eigenvalue weighted by atomic mass is 35.5. The van der Waals surface area contributed by atoms with Crippen LogP contribution in [0.25, 0.3) is 16.6 Å². The molecule has 13 heteroatoms. The fourth-order valence-electron chi connectivity index (χ4n) is 13.1. The third-order valence-electron chi connectivity index (χ3n) is 16.8. The average Bonchev–Trinajstić information content (AvgIpc) is 3.53. The Hall–Kier alpha value is -4.68. The van der Waals surface area contributed by atoms with E-state index in [-0.39, 0.29) is 40.7 Å². The van der Waals surface area contributed by atoms with Crippen LogP contribution in [-0.4, -0.2) is 82.9 Å². The molecule has 4 aromatic rings. The molecule has 6 fully saturated rings. The van der Waals surface area contributed by atoms with Crippen molar-refractivity contribution in [2.24, 2.45) is 17.3 Å². The van der Waals surface area contributed by atoms with Gasteiger partial charge in [-0.05, 0) is 137 Å². The van der Waals surface area contributed by atoms with Gasteiger partial charge >= 0.3 is 0 Å². The summed E-state index contributed by atoms with van der Waals surface area (Å²) in [5, 5.41) is 3.15. The molecule has 4 saturated heterocycles. The second-order valence-electron chi connectivity index (χ2n) is 20.4. The van der Waals surface area contributed by atoms with E-state index in [4.69, 9.17) is 16.6 Å². The van der Waals surface area contributed by atoms with Crippen molar-refractivity contribution in [2.75, 3.05) is 50.7 Å². The molecule has 11 rings (SSSR count). The number of hydrogen-bond acceptors (Lipinski definition) is 7. The summed E-state index contributed by atoms with van der Waals surface area (Å²) >= 11 is 6.62. The molecule has 10 nitrogen and oxygen atoms in total. The topological polar surface area (TPSA) is 108 Å². The molecule has 336 valence electrons.